The number of aromatic nitrogens is 2. The lowest BCUT2D eigenvalue weighted by atomic mass is 9.98. The summed E-state index contributed by atoms with van der Waals surface area (Å²) in [5.41, 5.74) is 0.467. The van der Waals surface area contributed by atoms with Gasteiger partial charge in [0.2, 0.25) is 0 Å². The largest absolute Gasteiger partial charge is 0.479 e. The van der Waals surface area contributed by atoms with E-state index >= 15 is 0 Å². The van der Waals surface area contributed by atoms with Gasteiger partial charge in [-0.1, -0.05) is 18.2 Å². The lowest BCUT2D eigenvalue weighted by molar-refractivity contribution is -0.144. The minimum absolute atomic E-state index is 0.0278. The van der Waals surface area contributed by atoms with Gasteiger partial charge in [0.05, 0.1) is 29.7 Å². The van der Waals surface area contributed by atoms with Crippen LogP contribution in [0, 0.1) is 6.92 Å². The maximum Gasteiger partial charge on any atom is 0.331 e. The molecule has 2 N–H and O–H groups in total. The molecule has 1 amide bonds. The Balaban J connectivity index is 1.86. The Bertz CT molecular complexity index is 733. The second-order valence-corrected chi connectivity index (χ2v) is 5.53. The highest BCUT2D eigenvalue weighted by Crippen LogP contribution is 2.21. The molecule has 1 saturated heterocycles. The third-order valence-corrected chi connectivity index (χ3v) is 4.04. The third-order valence-electron chi connectivity index (χ3n) is 4.04. The van der Waals surface area contributed by atoms with Crippen molar-refractivity contribution < 1.29 is 19.4 Å². The van der Waals surface area contributed by atoms with E-state index in [2.05, 4.69) is 10.4 Å². The summed E-state index contributed by atoms with van der Waals surface area (Å²) in [7, 11) is 0. The van der Waals surface area contributed by atoms with Crippen molar-refractivity contribution in [1.82, 2.24) is 15.1 Å². The number of rotatable bonds is 4. The van der Waals surface area contributed by atoms with Gasteiger partial charge in [-0.15, -0.1) is 0 Å². The molecule has 2 aromatic rings. The van der Waals surface area contributed by atoms with Crippen molar-refractivity contribution >= 4 is 11.9 Å². The van der Waals surface area contributed by atoms with Gasteiger partial charge in [-0.2, -0.15) is 5.10 Å². The Morgan fingerprint density at radius 1 is 1.35 bits per heavy atom. The monoisotopic (exact) mass is 315 g/mol. The van der Waals surface area contributed by atoms with Crippen molar-refractivity contribution in [3.05, 3.63) is 47.8 Å². The van der Waals surface area contributed by atoms with Gasteiger partial charge >= 0.3 is 5.97 Å². The predicted octanol–water partition coefficient (Wildman–Crippen LogP) is 1.15. The van der Waals surface area contributed by atoms with E-state index in [-0.39, 0.29) is 13.0 Å². The fraction of sp³-hybridized carbons (Fsp3) is 0.312. The molecule has 1 fully saturated rings. The number of hydrogen-bond donors (Lipinski definition) is 2. The molecule has 7 nitrogen and oxygen atoms in total. The van der Waals surface area contributed by atoms with Crippen LogP contribution in [0.15, 0.2) is 36.5 Å². The molecule has 1 aromatic carbocycles. The molecule has 0 bridgehead atoms. The van der Waals surface area contributed by atoms with Crippen LogP contribution in [0.4, 0.5) is 0 Å². The van der Waals surface area contributed by atoms with E-state index in [1.165, 1.54) is 6.20 Å². The van der Waals surface area contributed by atoms with Gasteiger partial charge in [-0.25, -0.2) is 9.48 Å². The van der Waals surface area contributed by atoms with Crippen molar-refractivity contribution in [2.45, 2.75) is 18.9 Å². The maximum absolute atomic E-state index is 12.5. The third kappa shape index (κ3) is 2.70. The minimum atomic E-state index is -1.36. The number of amides is 1. The van der Waals surface area contributed by atoms with E-state index in [1.807, 2.05) is 30.3 Å². The summed E-state index contributed by atoms with van der Waals surface area (Å²) >= 11 is 0. The van der Waals surface area contributed by atoms with Gasteiger partial charge in [-0.05, 0) is 19.1 Å². The second kappa shape index (κ2) is 5.85. The first-order valence-electron chi connectivity index (χ1n) is 7.27. The molecule has 0 aliphatic carbocycles. The number of ether oxygens (including phenoxy) is 1. The summed E-state index contributed by atoms with van der Waals surface area (Å²) in [6.07, 6.45) is 1.70. The zero-order valence-electron chi connectivity index (χ0n) is 12.7. The van der Waals surface area contributed by atoms with Crippen molar-refractivity contribution in [2.75, 3.05) is 13.2 Å². The van der Waals surface area contributed by atoms with Crippen LogP contribution in [0.25, 0.3) is 5.69 Å². The first-order chi connectivity index (χ1) is 11.0. The maximum atomic E-state index is 12.5. The molecule has 1 aliphatic heterocycles. The zero-order chi connectivity index (χ0) is 16.4. The second-order valence-electron chi connectivity index (χ2n) is 5.53. The normalized spacial score (nSPS) is 20.4. The lowest BCUT2D eigenvalue weighted by Gasteiger charge is -2.23. The Morgan fingerprint density at radius 2 is 2.09 bits per heavy atom. The highest BCUT2D eigenvalue weighted by Gasteiger charge is 2.44. The van der Waals surface area contributed by atoms with Gasteiger partial charge in [0.15, 0.2) is 5.54 Å². The highest BCUT2D eigenvalue weighted by atomic mass is 16.5. The van der Waals surface area contributed by atoms with Crippen LogP contribution in [0.5, 0.6) is 0 Å². The van der Waals surface area contributed by atoms with E-state index in [4.69, 9.17) is 4.74 Å². The first-order valence-corrected chi connectivity index (χ1v) is 7.27. The molecular weight excluding hydrogens is 298 g/mol. The molecule has 2 heterocycles. The van der Waals surface area contributed by atoms with Crippen LogP contribution in [-0.2, 0) is 9.53 Å². The summed E-state index contributed by atoms with van der Waals surface area (Å²) < 4.78 is 6.79. The molecule has 3 rings (SSSR count). The number of carboxylic acid groups (broad SMARTS) is 1. The predicted molar refractivity (Wildman–Crippen MR) is 81.6 cm³/mol. The number of para-hydroxylation sites is 1. The minimum Gasteiger partial charge on any atom is -0.479 e. The van der Waals surface area contributed by atoms with Gasteiger partial charge < -0.3 is 15.2 Å². The van der Waals surface area contributed by atoms with Crippen LogP contribution in [-0.4, -0.2) is 45.5 Å². The summed E-state index contributed by atoms with van der Waals surface area (Å²) in [4.78, 5) is 24.0. The van der Waals surface area contributed by atoms with E-state index in [0.717, 1.165) is 5.69 Å². The number of aliphatic carboxylic acids is 1. The van der Waals surface area contributed by atoms with Crippen LogP contribution < -0.4 is 5.32 Å². The Hall–Kier alpha value is -2.67. The molecule has 1 unspecified atom stereocenters. The molecule has 7 heteroatoms. The van der Waals surface area contributed by atoms with Crippen molar-refractivity contribution in [1.29, 1.82) is 0 Å². The molecule has 120 valence electrons. The van der Waals surface area contributed by atoms with E-state index in [0.29, 0.717) is 17.9 Å². The highest BCUT2D eigenvalue weighted by molar-refractivity contribution is 5.98. The molecule has 0 radical (unpaired) electrons. The van der Waals surface area contributed by atoms with Gasteiger partial charge in [0, 0.05) is 13.0 Å². The quantitative estimate of drug-likeness (QED) is 0.883. The van der Waals surface area contributed by atoms with Gasteiger partial charge in [-0.3, -0.25) is 4.79 Å². The van der Waals surface area contributed by atoms with Crippen LogP contribution >= 0.6 is 0 Å². The first kappa shape index (κ1) is 15.2. The number of nitrogens with zero attached hydrogens (tertiary/aromatic N) is 2. The fourth-order valence-electron chi connectivity index (χ4n) is 2.63. The van der Waals surface area contributed by atoms with E-state index in [1.54, 1.807) is 11.6 Å². The average molecular weight is 315 g/mol. The smallest absolute Gasteiger partial charge is 0.331 e. The molecule has 1 aliphatic rings. The van der Waals surface area contributed by atoms with Crippen LogP contribution in [0.2, 0.25) is 0 Å². The summed E-state index contributed by atoms with van der Waals surface area (Å²) in [6, 6.07) is 9.42. The molecular formula is C16H17N3O4. The Kier molecular flexibility index (Phi) is 3.87. The Labute approximate surface area is 132 Å². The summed E-state index contributed by atoms with van der Waals surface area (Å²) in [5, 5.41) is 16.2. The zero-order valence-corrected chi connectivity index (χ0v) is 12.7. The molecule has 0 spiro atoms. The SMILES string of the molecule is Cc1c(C(=O)NC2(C(=O)O)CCOC2)cnn1-c1ccccc1. The van der Waals surface area contributed by atoms with Gasteiger partial charge in [0.25, 0.3) is 5.91 Å². The number of benzene rings is 1. The van der Waals surface area contributed by atoms with Crippen molar-refractivity contribution in [3.63, 3.8) is 0 Å². The number of carbonyl (C=O) groups excluding carboxylic acids is 1. The standard InChI is InChI=1S/C16H17N3O4/c1-11-13(9-17-19(11)12-5-3-2-4-6-12)14(20)18-16(15(21)22)7-8-23-10-16/h2-6,9H,7-8,10H2,1H3,(H,18,20)(H,21,22). The molecule has 0 saturated carbocycles. The van der Waals surface area contributed by atoms with Crippen LogP contribution in [0.1, 0.15) is 22.5 Å². The topological polar surface area (TPSA) is 93.5 Å². The summed E-state index contributed by atoms with van der Waals surface area (Å²) in [5.74, 6) is -1.55. The van der Waals surface area contributed by atoms with E-state index in [9.17, 15) is 14.7 Å². The van der Waals surface area contributed by atoms with Crippen molar-refractivity contribution in [3.8, 4) is 5.69 Å². The lowest BCUT2D eigenvalue weighted by Crippen LogP contribution is -2.55. The number of carbonyl (C=O) groups is 2. The Morgan fingerprint density at radius 3 is 2.70 bits per heavy atom. The van der Waals surface area contributed by atoms with E-state index < -0.39 is 17.4 Å². The molecule has 1 aromatic heterocycles. The number of carboxylic acids is 1. The number of nitrogens with one attached hydrogen (secondary N) is 1. The average Bonchev–Trinajstić information content (AvgIpc) is 3.16. The molecule has 23 heavy (non-hydrogen) atoms. The fourth-order valence-corrected chi connectivity index (χ4v) is 2.63. The summed E-state index contributed by atoms with van der Waals surface area (Å²) in [6.45, 7) is 2.06. The van der Waals surface area contributed by atoms with Crippen LogP contribution in [0.3, 0.4) is 0 Å². The molecule has 1 atom stereocenters. The van der Waals surface area contributed by atoms with Crippen molar-refractivity contribution in [2.24, 2.45) is 0 Å². The number of hydrogen-bond acceptors (Lipinski definition) is 4. The van der Waals surface area contributed by atoms with Gasteiger partial charge in [0.1, 0.15) is 0 Å².